The first-order valence-corrected chi connectivity index (χ1v) is 6.37. The maximum absolute atomic E-state index is 11.6. The summed E-state index contributed by atoms with van der Waals surface area (Å²) in [6.07, 6.45) is 2.61. The Hall–Kier alpha value is -2.60. The van der Waals surface area contributed by atoms with Gasteiger partial charge in [-0.3, -0.25) is 14.9 Å². The van der Waals surface area contributed by atoms with E-state index in [-0.39, 0.29) is 17.6 Å². The summed E-state index contributed by atoms with van der Waals surface area (Å²) < 4.78 is 4.89. The molecule has 7 heteroatoms. The van der Waals surface area contributed by atoms with E-state index in [9.17, 15) is 14.9 Å². The first kappa shape index (κ1) is 14.8. The first-order chi connectivity index (χ1) is 10.0. The smallest absolute Gasteiger partial charge is 0.401 e. The van der Waals surface area contributed by atoms with E-state index in [1.807, 2.05) is 12.1 Å². The Balaban J connectivity index is 1.87. The van der Waals surface area contributed by atoms with Gasteiger partial charge in [-0.15, -0.1) is 0 Å². The van der Waals surface area contributed by atoms with Gasteiger partial charge in [-0.2, -0.15) is 0 Å². The maximum Gasteiger partial charge on any atom is 0.433 e. The monoisotopic (exact) mass is 306 g/mol. The van der Waals surface area contributed by atoms with Crippen LogP contribution >= 0.6 is 11.6 Å². The van der Waals surface area contributed by atoms with Gasteiger partial charge in [-0.1, -0.05) is 23.7 Å². The minimum Gasteiger partial charge on any atom is -0.401 e. The predicted molar refractivity (Wildman–Crippen MR) is 77.7 cm³/mol. The molecule has 108 valence electrons. The molecule has 0 unspecified atom stereocenters. The van der Waals surface area contributed by atoms with Crippen LogP contribution in [0, 0.1) is 10.1 Å². The molecule has 1 heterocycles. The van der Waals surface area contributed by atoms with Gasteiger partial charge in [-0.25, -0.2) is 0 Å². The molecule has 0 saturated carbocycles. The quantitative estimate of drug-likeness (QED) is 0.522. The Morgan fingerprint density at radius 1 is 1.29 bits per heavy atom. The van der Waals surface area contributed by atoms with Gasteiger partial charge in [0.15, 0.2) is 0 Å². The van der Waals surface area contributed by atoms with Crippen LogP contribution < -0.4 is 5.32 Å². The molecular formula is C14H11ClN2O4. The van der Waals surface area contributed by atoms with Gasteiger partial charge in [0.05, 0.1) is 6.07 Å². The lowest BCUT2D eigenvalue weighted by Gasteiger charge is -2.02. The molecule has 0 spiro atoms. The summed E-state index contributed by atoms with van der Waals surface area (Å²) in [6.45, 7) is 0.360. The van der Waals surface area contributed by atoms with Crippen LogP contribution in [-0.4, -0.2) is 10.8 Å². The molecule has 6 nitrogen and oxygen atoms in total. The third-order valence-electron chi connectivity index (χ3n) is 2.57. The molecule has 2 rings (SSSR count). The van der Waals surface area contributed by atoms with E-state index < -0.39 is 4.92 Å². The average molecular weight is 307 g/mol. The fraction of sp³-hybridized carbons (Fsp3) is 0.0714. The lowest BCUT2D eigenvalue weighted by Crippen LogP contribution is -2.20. The van der Waals surface area contributed by atoms with E-state index in [1.165, 1.54) is 24.3 Å². The molecule has 0 aliphatic rings. The lowest BCUT2D eigenvalue weighted by molar-refractivity contribution is -0.402. The van der Waals surface area contributed by atoms with Gasteiger partial charge in [0, 0.05) is 17.6 Å². The fourth-order valence-corrected chi connectivity index (χ4v) is 1.66. The van der Waals surface area contributed by atoms with Crippen LogP contribution in [0.3, 0.4) is 0 Å². The number of amides is 1. The van der Waals surface area contributed by atoms with Gasteiger partial charge in [0.1, 0.15) is 10.7 Å². The van der Waals surface area contributed by atoms with E-state index in [2.05, 4.69) is 5.32 Å². The SMILES string of the molecule is O=C(/C=C/c1ccc([N+](=O)[O-])o1)NCc1ccc(Cl)cc1. The summed E-state index contributed by atoms with van der Waals surface area (Å²) in [4.78, 5) is 21.4. The molecule has 21 heavy (non-hydrogen) atoms. The highest BCUT2D eigenvalue weighted by Crippen LogP contribution is 2.16. The molecule has 2 aromatic rings. The molecule has 0 saturated heterocycles. The van der Waals surface area contributed by atoms with Crippen molar-refractivity contribution < 1.29 is 14.1 Å². The van der Waals surface area contributed by atoms with Crippen molar-refractivity contribution in [1.29, 1.82) is 0 Å². The lowest BCUT2D eigenvalue weighted by atomic mass is 10.2. The van der Waals surface area contributed by atoms with Gasteiger partial charge in [0.25, 0.3) is 0 Å². The molecule has 0 bridgehead atoms. The fourth-order valence-electron chi connectivity index (χ4n) is 1.54. The summed E-state index contributed by atoms with van der Waals surface area (Å²) in [5, 5.41) is 13.7. The topological polar surface area (TPSA) is 85.4 Å². The molecule has 1 N–H and O–H groups in total. The number of nitrogens with zero attached hydrogens (tertiary/aromatic N) is 1. The maximum atomic E-state index is 11.6. The third kappa shape index (κ3) is 4.47. The van der Waals surface area contributed by atoms with Crippen molar-refractivity contribution in [2.75, 3.05) is 0 Å². The number of benzene rings is 1. The molecule has 0 fully saturated rings. The van der Waals surface area contributed by atoms with E-state index in [0.29, 0.717) is 11.6 Å². The number of halogens is 1. The molecule has 1 aromatic carbocycles. The number of rotatable bonds is 5. The highest BCUT2D eigenvalue weighted by molar-refractivity contribution is 6.30. The Labute approximate surface area is 125 Å². The van der Waals surface area contributed by atoms with E-state index >= 15 is 0 Å². The third-order valence-corrected chi connectivity index (χ3v) is 2.82. The standard InChI is InChI=1S/C14H11ClN2O4/c15-11-3-1-10(2-4-11)9-16-13(18)7-5-12-6-8-14(21-12)17(19)20/h1-8H,9H2,(H,16,18)/b7-5+. The summed E-state index contributed by atoms with van der Waals surface area (Å²) in [7, 11) is 0. The Morgan fingerprint density at radius 3 is 2.62 bits per heavy atom. The highest BCUT2D eigenvalue weighted by Gasteiger charge is 2.10. The van der Waals surface area contributed by atoms with Gasteiger partial charge < -0.3 is 9.73 Å². The van der Waals surface area contributed by atoms with E-state index in [1.54, 1.807) is 12.1 Å². The molecule has 1 amide bonds. The summed E-state index contributed by atoms with van der Waals surface area (Å²) >= 11 is 5.76. The van der Waals surface area contributed by atoms with Crippen LogP contribution in [0.4, 0.5) is 5.88 Å². The van der Waals surface area contributed by atoms with Crippen LogP contribution in [0.25, 0.3) is 6.08 Å². The molecule has 0 aliphatic carbocycles. The van der Waals surface area contributed by atoms with Crippen molar-refractivity contribution >= 4 is 29.5 Å². The zero-order chi connectivity index (χ0) is 15.2. The Kier molecular flexibility index (Phi) is 4.73. The van der Waals surface area contributed by atoms with Crippen LogP contribution in [0.15, 0.2) is 46.9 Å². The van der Waals surface area contributed by atoms with Crippen molar-refractivity contribution in [2.45, 2.75) is 6.54 Å². The van der Waals surface area contributed by atoms with Crippen LogP contribution in [0.2, 0.25) is 5.02 Å². The van der Waals surface area contributed by atoms with E-state index in [4.69, 9.17) is 16.0 Å². The molecule has 0 radical (unpaired) electrons. The number of hydrogen-bond acceptors (Lipinski definition) is 4. The summed E-state index contributed by atoms with van der Waals surface area (Å²) in [5.74, 6) is -0.455. The van der Waals surface area contributed by atoms with E-state index in [0.717, 1.165) is 5.56 Å². The molecule has 0 atom stereocenters. The normalized spacial score (nSPS) is 10.7. The number of furan rings is 1. The van der Waals surface area contributed by atoms with Crippen LogP contribution in [0.5, 0.6) is 0 Å². The van der Waals surface area contributed by atoms with Crippen molar-refractivity contribution in [3.8, 4) is 0 Å². The number of carbonyl (C=O) groups is 1. The Bertz CT molecular complexity index is 677. The number of hydrogen-bond donors (Lipinski definition) is 1. The van der Waals surface area contributed by atoms with Gasteiger partial charge >= 0.3 is 5.88 Å². The number of nitrogens with one attached hydrogen (secondary N) is 1. The van der Waals surface area contributed by atoms with Gasteiger partial charge in [-0.05, 0) is 29.8 Å². The van der Waals surface area contributed by atoms with Crippen molar-refractivity contribution in [1.82, 2.24) is 5.32 Å². The second-order valence-corrected chi connectivity index (χ2v) is 4.55. The number of carbonyl (C=O) groups excluding carboxylic acids is 1. The molecule has 1 aromatic heterocycles. The minimum absolute atomic E-state index is 0.239. The summed E-state index contributed by atoms with van der Waals surface area (Å²) in [5.41, 5.74) is 0.912. The predicted octanol–water partition coefficient (Wildman–Crippen LogP) is 3.17. The highest BCUT2D eigenvalue weighted by atomic mass is 35.5. The number of nitro groups is 1. The van der Waals surface area contributed by atoms with Crippen molar-refractivity contribution in [3.05, 3.63) is 68.9 Å². The van der Waals surface area contributed by atoms with Gasteiger partial charge in [0.2, 0.25) is 5.91 Å². The Morgan fingerprint density at radius 2 is 2.00 bits per heavy atom. The molecule has 0 aliphatic heterocycles. The van der Waals surface area contributed by atoms with Crippen LogP contribution in [-0.2, 0) is 11.3 Å². The second-order valence-electron chi connectivity index (χ2n) is 4.11. The summed E-state index contributed by atoms with van der Waals surface area (Å²) in [6, 6.07) is 9.73. The second kappa shape index (κ2) is 6.71. The minimum atomic E-state index is -0.641. The zero-order valence-electron chi connectivity index (χ0n) is 10.8. The zero-order valence-corrected chi connectivity index (χ0v) is 11.5. The largest absolute Gasteiger partial charge is 0.433 e. The van der Waals surface area contributed by atoms with Crippen molar-refractivity contribution in [2.24, 2.45) is 0 Å². The van der Waals surface area contributed by atoms with Crippen molar-refractivity contribution in [3.63, 3.8) is 0 Å². The average Bonchev–Trinajstić information content (AvgIpc) is 2.93. The first-order valence-electron chi connectivity index (χ1n) is 5.99. The molecular weight excluding hydrogens is 296 g/mol. The van der Waals surface area contributed by atoms with Crippen LogP contribution in [0.1, 0.15) is 11.3 Å².